The molecule has 0 aliphatic heterocycles. The number of benzene rings is 1. The Labute approximate surface area is 126 Å². The van der Waals surface area contributed by atoms with Gasteiger partial charge < -0.3 is 10.5 Å². The van der Waals surface area contributed by atoms with E-state index in [2.05, 4.69) is 30.2 Å². The molecule has 0 radical (unpaired) electrons. The summed E-state index contributed by atoms with van der Waals surface area (Å²) in [6, 6.07) is 10.6. The van der Waals surface area contributed by atoms with Crippen LogP contribution in [0.4, 0.5) is 0 Å². The molecule has 0 aliphatic rings. The molecular formula is C17H25N3O. The van der Waals surface area contributed by atoms with Gasteiger partial charge in [0.25, 0.3) is 0 Å². The fourth-order valence-corrected chi connectivity index (χ4v) is 2.29. The minimum atomic E-state index is 0.249. The smallest absolute Gasteiger partial charge is 0.130 e. The molecule has 1 unspecified atom stereocenters. The normalized spacial score (nSPS) is 12.4. The molecule has 0 spiro atoms. The van der Waals surface area contributed by atoms with Gasteiger partial charge in [0.05, 0.1) is 11.4 Å². The molecule has 2 aromatic rings. The zero-order chi connectivity index (χ0) is 15.2. The van der Waals surface area contributed by atoms with Gasteiger partial charge in [0.15, 0.2) is 0 Å². The first-order valence-corrected chi connectivity index (χ1v) is 7.59. The van der Waals surface area contributed by atoms with Crippen molar-refractivity contribution in [3.63, 3.8) is 0 Å². The minimum absolute atomic E-state index is 0.249. The fraction of sp³-hybridized carbons (Fsp3) is 0.471. The number of rotatable bonds is 7. The monoisotopic (exact) mass is 287 g/mol. The highest BCUT2D eigenvalue weighted by Gasteiger charge is 2.05. The summed E-state index contributed by atoms with van der Waals surface area (Å²) in [7, 11) is 0. The predicted molar refractivity (Wildman–Crippen MR) is 85.4 cm³/mol. The van der Waals surface area contributed by atoms with Crippen molar-refractivity contribution in [1.82, 2.24) is 9.78 Å². The third-order valence-corrected chi connectivity index (χ3v) is 3.48. The molecule has 0 saturated carbocycles. The van der Waals surface area contributed by atoms with Crippen molar-refractivity contribution in [1.29, 1.82) is 0 Å². The number of nitrogens with two attached hydrogens (primary N) is 1. The third-order valence-electron chi connectivity index (χ3n) is 3.48. The summed E-state index contributed by atoms with van der Waals surface area (Å²) >= 11 is 0. The topological polar surface area (TPSA) is 53.1 Å². The van der Waals surface area contributed by atoms with E-state index in [-0.39, 0.29) is 6.04 Å². The van der Waals surface area contributed by atoms with E-state index in [9.17, 15) is 0 Å². The van der Waals surface area contributed by atoms with Crippen LogP contribution in [0.2, 0.25) is 0 Å². The van der Waals surface area contributed by atoms with E-state index < -0.39 is 0 Å². The van der Waals surface area contributed by atoms with Gasteiger partial charge in [-0.2, -0.15) is 5.10 Å². The highest BCUT2D eigenvalue weighted by atomic mass is 16.5. The average molecular weight is 287 g/mol. The van der Waals surface area contributed by atoms with E-state index in [0.29, 0.717) is 6.61 Å². The maximum atomic E-state index is 5.84. The lowest BCUT2D eigenvalue weighted by Crippen LogP contribution is -2.15. The first-order valence-electron chi connectivity index (χ1n) is 7.59. The molecule has 0 aliphatic carbocycles. The number of hydrogen-bond donors (Lipinski definition) is 1. The third kappa shape index (κ3) is 4.60. The van der Waals surface area contributed by atoms with E-state index in [4.69, 9.17) is 10.5 Å². The molecule has 0 amide bonds. The molecule has 1 heterocycles. The van der Waals surface area contributed by atoms with Gasteiger partial charge in [-0.25, -0.2) is 0 Å². The lowest BCUT2D eigenvalue weighted by atomic mass is 10.1. The molecule has 1 aromatic heterocycles. The quantitative estimate of drug-likeness (QED) is 0.851. The van der Waals surface area contributed by atoms with E-state index >= 15 is 0 Å². The number of hydrogen-bond acceptors (Lipinski definition) is 3. The van der Waals surface area contributed by atoms with Crippen LogP contribution in [0.3, 0.4) is 0 Å². The number of ether oxygens (including phenoxy) is 1. The lowest BCUT2D eigenvalue weighted by molar-refractivity contribution is 0.292. The SMILES string of the molecule is CCn1nc(C)cc1COc1ccc(CCC(C)N)cc1. The van der Waals surface area contributed by atoms with Crippen molar-refractivity contribution in [2.75, 3.05) is 0 Å². The van der Waals surface area contributed by atoms with Gasteiger partial charge in [-0.3, -0.25) is 4.68 Å². The summed E-state index contributed by atoms with van der Waals surface area (Å²) in [5.41, 5.74) is 9.22. The van der Waals surface area contributed by atoms with Gasteiger partial charge in [-0.1, -0.05) is 12.1 Å². The zero-order valence-corrected chi connectivity index (χ0v) is 13.2. The van der Waals surface area contributed by atoms with Crippen LogP contribution in [-0.4, -0.2) is 15.8 Å². The molecule has 4 nitrogen and oxygen atoms in total. The molecule has 4 heteroatoms. The number of aryl methyl sites for hydroxylation is 3. The van der Waals surface area contributed by atoms with E-state index in [1.54, 1.807) is 0 Å². The minimum Gasteiger partial charge on any atom is -0.487 e. The largest absolute Gasteiger partial charge is 0.487 e. The predicted octanol–water partition coefficient (Wildman–Crippen LogP) is 3.07. The summed E-state index contributed by atoms with van der Waals surface area (Å²) in [5, 5.41) is 4.42. The van der Waals surface area contributed by atoms with Crippen LogP contribution >= 0.6 is 0 Å². The summed E-state index contributed by atoms with van der Waals surface area (Å²) in [6.45, 7) is 7.54. The van der Waals surface area contributed by atoms with Gasteiger partial charge >= 0.3 is 0 Å². The van der Waals surface area contributed by atoms with Gasteiger partial charge in [-0.05, 0) is 57.4 Å². The summed E-state index contributed by atoms with van der Waals surface area (Å²) in [4.78, 5) is 0. The fourth-order valence-electron chi connectivity index (χ4n) is 2.29. The molecule has 0 bridgehead atoms. The Morgan fingerprint density at radius 3 is 2.62 bits per heavy atom. The van der Waals surface area contributed by atoms with Crippen molar-refractivity contribution < 1.29 is 4.74 Å². The van der Waals surface area contributed by atoms with Gasteiger partial charge in [0.1, 0.15) is 12.4 Å². The Bertz CT molecular complexity index is 558. The molecule has 0 fully saturated rings. The average Bonchev–Trinajstić information content (AvgIpc) is 2.84. The molecule has 114 valence electrons. The van der Waals surface area contributed by atoms with E-state index in [0.717, 1.165) is 36.5 Å². The number of aromatic nitrogens is 2. The van der Waals surface area contributed by atoms with Crippen LogP contribution in [0.15, 0.2) is 30.3 Å². The van der Waals surface area contributed by atoms with Crippen LogP contribution in [0.5, 0.6) is 5.75 Å². The maximum Gasteiger partial charge on any atom is 0.130 e. The first kappa shape index (κ1) is 15.6. The summed E-state index contributed by atoms with van der Waals surface area (Å²) < 4.78 is 7.82. The zero-order valence-electron chi connectivity index (χ0n) is 13.2. The second kappa shape index (κ2) is 7.27. The Hall–Kier alpha value is -1.81. The Morgan fingerprint density at radius 2 is 2.00 bits per heavy atom. The van der Waals surface area contributed by atoms with Gasteiger partial charge in [0, 0.05) is 12.6 Å². The molecule has 0 saturated heterocycles. The van der Waals surface area contributed by atoms with E-state index in [1.807, 2.05) is 30.7 Å². The maximum absolute atomic E-state index is 5.84. The molecule has 2 N–H and O–H groups in total. The highest BCUT2D eigenvalue weighted by molar-refractivity contribution is 5.27. The second-order valence-corrected chi connectivity index (χ2v) is 5.54. The van der Waals surface area contributed by atoms with Crippen LogP contribution in [0.1, 0.15) is 37.2 Å². The second-order valence-electron chi connectivity index (χ2n) is 5.54. The van der Waals surface area contributed by atoms with Crippen molar-refractivity contribution in [3.8, 4) is 5.75 Å². The van der Waals surface area contributed by atoms with Crippen LogP contribution in [-0.2, 0) is 19.6 Å². The Balaban J connectivity index is 1.91. The number of nitrogens with zero attached hydrogens (tertiary/aromatic N) is 2. The Kier molecular flexibility index (Phi) is 5.39. The van der Waals surface area contributed by atoms with Gasteiger partial charge in [-0.15, -0.1) is 0 Å². The van der Waals surface area contributed by atoms with Crippen LogP contribution in [0.25, 0.3) is 0 Å². The van der Waals surface area contributed by atoms with E-state index in [1.165, 1.54) is 5.56 Å². The standard InChI is InChI=1S/C17H25N3O/c1-4-20-16(11-14(3)19-20)12-21-17-9-7-15(8-10-17)6-5-13(2)18/h7-11,13H,4-6,12,18H2,1-3H3. The molecule has 21 heavy (non-hydrogen) atoms. The molecule has 2 rings (SSSR count). The van der Waals surface area contributed by atoms with Gasteiger partial charge in [0.2, 0.25) is 0 Å². The van der Waals surface area contributed by atoms with Crippen molar-refractivity contribution >= 4 is 0 Å². The lowest BCUT2D eigenvalue weighted by Gasteiger charge is -2.09. The summed E-state index contributed by atoms with van der Waals surface area (Å²) in [6.07, 6.45) is 2.02. The van der Waals surface area contributed by atoms with Crippen molar-refractivity contribution in [2.24, 2.45) is 5.73 Å². The van der Waals surface area contributed by atoms with Crippen LogP contribution < -0.4 is 10.5 Å². The highest BCUT2D eigenvalue weighted by Crippen LogP contribution is 2.16. The first-order chi connectivity index (χ1) is 10.1. The van der Waals surface area contributed by atoms with Crippen molar-refractivity contribution in [3.05, 3.63) is 47.3 Å². The molecule has 1 aromatic carbocycles. The summed E-state index contributed by atoms with van der Waals surface area (Å²) in [5.74, 6) is 0.890. The molecule has 1 atom stereocenters. The van der Waals surface area contributed by atoms with Crippen LogP contribution in [0, 0.1) is 6.92 Å². The molecular weight excluding hydrogens is 262 g/mol. The van der Waals surface area contributed by atoms with Crippen molar-refractivity contribution in [2.45, 2.75) is 52.8 Å². The Morgan fingerprint density at radius 1 is 1.29 bits per heavy atom.